The molecule has 3 rings (SSSR count). The number of nitrogens with zero attached hydrogens (tertiary/aromatic N) is 1. The lowest BCUT2D eigenvalue weighted by atomic mass is 10.0. The van der Waals surface area contributed by atoms with E-state index in [2.05, 4.69) is 0 Å². The molecule has 0 amide bonds. The Morgan fingerprint density at radius 3 is 2.60 bits per heavy atom. The van der Waals surface area contributed by atoms with Crippen LogP contribution in [0.4, 0.5) is 0 Å². The maximum Gasteiger partial charge on any atom is 0.242 e. The van der Waals surface area contributed by atoms with Gasteiger partial charge in [0, 0.05) is 19.2 Å². The molecule has 1 N–H and O–H groups in total. The summed E-state index contributed by atoms with van der Waals surface area (Å²) in [5.41, 5.74) is 3.19. The smallest absolute Gasteiger partial charge is 0.242 e. The SMILES string of the molecule is CCCc1c(OCCN(C)S(=O)(=O)c2ccc3c(c2)CCC3)ccc(C(C)=O)c1O. The van der Waals surface area contributed by atoms with Crippen LogP contribution in [0.2, 0.25) is 0 Å². The van der Waals surface area contributed by atoms with Crippen molar-refractivity contribution in [2.75, 3.05) is 20.2 Å². The molecular weight excluding hydrogens is 402 g/mol. The Labute approximate surface area is 178 Å². The number of aryl methyl sites for hydroxylation is 2. The van der Waals surface area contributed by atoms with E-state index >= 15 is 0 Å². The Hall–Kier alpha value is -2.38. The van der Waals surface area contributed by atoms with Gasteiger partial charge >= 0.3 is 0 Å². The van der Waals surface area contributed by atoms with E-state index in [9.17, 15) is 18.3 Å². The van der Waals surface area contributed by atoms with Crippen molar-refractivity contribution in [1.29, 1.82) is 0 Å². The summed E-state index contributed by atoms with van der Waals surface area (Å²) in [7, 11) is -2.07. The van der Waals surface area contributed by atoms with Crippen LogP contribution in [-0.2, 0) is 29.3 Å². The number of hydrogen-bond donors (Lipinski definition) is 1. The maximum absolute atomic E-state index is 12.9. The van der Waals surface area contributed by atoms with Crippen LogP contribution in [0.5, 0.6) is 11.5 Å². The van der Waals surface area contributed by atoms with Crippen molar-refractivity contribution in [1.82, 2.24) is 4.31 Å². The molecule has 0 aromatic heterocycles. The number of ketones is 1. The molecule has 0 saturated carbocycles. The Balaban J connectivity index is 1.70. The zero-order valence-electron chi connectivity index (χ0n) is 17.8. The molecule has 0 heterocycles. The Morgan fingerprint density at radius 2 is 1.90 bits per heavy atom. The molecule has 0 radical (unpaired) electrons. The Kier molecular flexibility index (Phi) is 6.83. The third kappa shape index (κ3) is 4.52. The third-order valence-corrected chi connectivity index (χ3v) is 7.41. The largest absolute Gasteiger partial charge is 0.507 e. The monoisotopic (exact) mass is 431 g/mol. The number of carbonyl (C=O) groups excluding carboxylic acids is 1. The van der Waals surface area contributed by atoms with Gasteiger partial charge in [0.05, 0.1) is 10.5 Å². The number of fused-ring (bicyclic) bond motifs is 1. The van der Waals surface area contributed by atoms with Crippen LogP contribution in [0.3, 0.4) is 0 Å². The van der Waals surface area contributed by atoms with Crippen molar-refractivity contribution >= 4 is 15.8 Å². The summed E-state index contributed by atoms with van der Waals surface area (Å²) in [5, 5.41) is 10.4. The summed E-state index contributed by atoms with van der Waals surface area (Å²) in [6, 6.07) is 8.57. The molecule has 30 heavy (non-hydrogen) atoms. The van der Waals surface area contributed by atoms with Gasteiger partial charge in [-0.1, -0.05) is 19.4 Å². The van der Waals surface area contributed by atoms with Crippen LogP contribution in [-0.4, -0.2) is 43.8 Å². The minimum absolute atomic E-state index is 0.0547. The summed E-state index contributed by atoms with van der Waals surface area (Å²) in [4.78, 5) is 12.0. The number of phenolic OH excluding ortho intramolecular Hbond substituents is 1. The molecule has 2 aromatic carbocycles. The number of Topliss-reactive ketones (excluding diaryl/α,β-unsaturated/α-hetero) is 1. The number of carbonyl (C=O) groups is 1. The van der Waals surface area contributed by atoms with Gasteiger partial charge in [0.15, 0.2) is 5.78 Å². The average molecular weight is 432 g/mol. The molecule has 0 bridgehead atoms. The van der Waals surface area contributed by atoms with Gasteiger partial charge in [-0.15, -0.1) is 0 Å². The molecule has 2 aromatic rings. The van der Waals surface area contributed by atoms with Crippen LogP contribution in [0.15, 0.2) is 35.2 Å². The lowest BCUT2D eigenvalue weighted by Gasteiger charge is -2.19. The van der Waals surface area contributed by atoms with E-state index in [1.54, 1.807) is 18.2 Å². The van der Waals surface area contributed by atoms with Crippen molar-refractivity contribution < 1.29 is 23.1 Å². The van der Waals surface area contributed by atoms with Crippen LogP contribution >= 0.6 is 0 Å². The van der Waals surface area contributed by atoms with E-state index in [1.165, 1.54) is 29.9 Å². The number of ether oxygens (including phenoxy) is 1. The molecule has 0 aliphatic heterocycles. The molecule has 1 aliphatic rings. The van der Waals surface area contributed by atoms with Gasteiger partial charge in [0.25, 0.3) is 0 Å². The second-order valence-electron chi connectivity index (χ2n) is 7.70. The fourth-order valence-corrected chi connectivity index (χ4v) is 5.03. The quantitative estimate of drug-likeness (QED) is 0.612. The van der Waals surface area contributed by atoms with Crippen molar-refractivity contribution in [2.24, 2.45) is 0 Å². The standard InChI is InChI=1S/C23H29NO5S/c1-4-6-21-22(12-11-20(16(2)25)23(21)26)29-14-13-24(3)30(27,28)19-10-9-17-7-5-8-18(17)15-19/h9-12,15,26H,4-8,13-14H2,1-3H3. The maximum atomic E-state index is 12.9. The number of likely N-dealkylation sites (N-methyl/N-ethyl adjacent to an activating group) is 1. The van der Waals surface area contributed by atoms with E-state index in [-0.39, 0.29) is 30.2 Å². The number of rotatable bonds is 9. The molecule has 0 atom stereocenters. The van der Waals surface area contributed by atoms with E-state index < -0.39 is 10.0 Å². The van der Waals surface area contributed by atoms with Crippen LogP contribution in [0.25, 0.3) is 0 Å². The first-order chi connectivity index (χ1) is 14.3. The molecule has 0 saturated heterocycles. The highest BCUT2D eigenvalue weighted by Crippen LogP contribution is 2.33. The number of phenols is 1. The van der Waals surface area contributed by atoms with Crippen molar-refractivity contribution in [2.45, 2.75) is 50.8 Å². The highest BCUT2D eigenvalue weighted by Gasteiger charge is 2.23. The van der Waals surface area contributed by atoms with Crippen molar-refractivity contribution in [3.63, 3.8) is 0 Å². The minimum atomic E-state index is -3.60. The number of sulfonamides is 1. The van der Waals surface area contributed by atoms with E-state index in [0.717, 1.165) is 31.2 Å². The van der Waals surface area contributed by atoms with Crippen LogP contribution in [0.1, 0.15) is 53.7 Å². The second-order valence-corrected chi connectivity index (χ2v) is 9.75. The highest BCUT2D eigenvalue weighted by molar-refractivity contribution is 7.89. The van der Waals surface area contributed by atoms with Gasteiger partial charge in [0.2, 0.25) is 10.0 Å². The number of aromatic hydroxyl groups is 1. The lowest BCUT2D eigenvalue weighted by Crippen LogP contribution is -2.31. The van der Waals surface area contributed by atoms with Gasteiger partial charge < -0.3 is 9.84 Å². The number of hydrogen-bond acceptors (Lipinski definition) is 5. The Bertz CT molecular complexity index is 1050. The van der Waals surface area contributed by atoms with E-state index in [4.69, 9.17) is 4.74 Å². The molecule has 0 fully saturated rings. The predicted molar refractivity (Wildman–Crippen MR) is 116 cm³/mol. The first-order valence-corrected chi connectivity index (χ1v) is 11.8. The zero-order valence-corrected chi connectivity index (χ0v) is 18.6. The topological polar surface area (TPSA) is 83.9 Å². The van der Waals surface area contributed by atoms with E-state index in [1.807, 2.05) is 13.0 Å². The van der Waals surface area contributed by atoms with Gasteiger partial charge in [-0.05, 0) is 68.0 Å². The van der Waals surface area contributed by atoms with Gasteiger partial charge in [-0.2, -0.15) is 4.31 Å². The summed E-state index contributed by atoms with van der Waals surface area (Å²) in [5.74, 6) is 0.209. The highest BCUT2D eigenvalue weighted by atomic mass is 32.2. The average Bonchev–Trinajstić information content (AvgIpc) is 3.18. The molecule has 0 unspecified atom stereocenters. The third-order valence-electron chi connectivity index (χ3n) is 5.56. The molecule has 1 aliphatic carbocycles. The molecular formula is C23H29NO5S. The van der Waals surface area contributed by atoms with Crippen LogP contribution in [0, 0.1) is 0 Å². The predicted octanol–water partition coefficient (Wildman–Crippen LogP) is 3.74. The molecule has 162 valence electrons. The van der Waals surface area contributed by atoms with Crippen molar-refractivity contribution in [3.8, 4) is 11.5 Å². The van der Waals surface area contributed by atoms with Gasteiger partial charge in [0.1, 0.15) is 18.1 Å². The van der Waals surface area contributed by atoms with E-state index in [0.29, 0.717) is 22.6 Å². The molecule has 0 spiro atoms. The first kappa shape index (κ1) is 22.3. The normalized spacial score (nSPS) is 13.5. The summed E-state index contributed by atoms with van der Waals surface area (Å²) in [6.07, 6.45) is 4.33. The summed E-state index contributed by atoms with van der Waals surface area (Å²) >= 11 is 0. The minimum Gasteiger partial charge on any atom is -0.507 e. The molecule has 6 nitrogen and oxygen atoms in total. The summed E-state index contributed by atoms with van der Waals surface area (Å²) < 4.78 is 32.9. The summed E-state index contributed by atoms with van der Waals surface area (Å²) in [6.45, 7) is 3.68. The molecule has 7 heteroatoms. The fourth-order valence-electron chi connectivity index (χ4n) is 3.82. The zero-order chi connectivity index (χ0) is 21.9. The Morgan fingerprint density at radius 1 is 1.17 bits per heavy atom. The number of benzene rings is 2. The van der Waals surface area contributed by atoms with Gasteiger partial charge in [-0.3, -0.25) is 4.79 Å². The second kappa shape index (κ2) is 9.18. The van der Waals surface area contributed by atoms with Crippen LogP contribution < -0.4 is 4.74 Å². The first-order valence-electron chi connectivity index (χ1n) is 10.3. The van der Waals surface area contributed by atoms with Gasteiger partial charge in [-0.25, -0.2) is 8.42 Å². The fraction of sp³-hybridized carbons (Fsp3) is 0.435. The van der Waals surface area contributed by atoms with Crippen molar-refractivity contribution in [3.05, 3.63) is 52.6 Å². The lowest BCUT2D eigenvalue weighted by molar-refractivity contribution is 0.101.